The number of non-ortho nitro benzene ring substituents is 1. The summed E-state index contributed by atoms with van der Waals surface area (Å²) < 4.78 is 10.8. The van der Waals surface area contributed by atoms with Crippen LogP contribution in [0.2, 0.25) is 0 Å². The van der Waals surface area contributed by atoms with Crippen LogP contribution in [0, 0.1) is 10.1 Å². The van der Waals surface area contributed by atoms with Crippen molar-refractivity contribution in [1.29, 1.82) is 0 Å². The van der Waals surface area contributed by atoms with Crippen LogP contribution < -0.4 is 10.4 Å². The first-order valence-corrected chi connectivity index (χ1v) is 7.04. The first kappa shape index (κ1) is 14.8. The minimum absolute atomic E-state index is 0.0300. The molecule has 0 atom stereocenters. The molecule has 0 amide bonds. The van der Waals surface area contributed by atoms with Crippen LogP contribution in [0.1, 0.15) is 6.92 Å². The second kappa shape index (κ2) is 5.92. The van der Waals surface area contributed by atoms with E-state index in [4.69, 9.17) is 9.15 Å². The van der Waals surface area contributed by atoms with Crippen molar-refractivity contribution < 1.29 is 14.1 Å². The van der Waals surface area contributed by atoms with Gasteiger partial charge in [-0.05, 0) is 36.8 Å². The minimum Gasteiger partial charge on any atom is -0.490 e. The lowest BCUT2D eigenvalue weighted by Gasteiger charge is -2.07. The second-order valence-corrected chi connectivity index (χ2v) is 4.86. The summed E-state index contributed by atoms with van der Waals surface area (Å²) in [4.78, 5) is 22.5. The van der Waals surface area contributed by atoms with Gasteiger partial charge in [-0.3, -0.25) is 10.1 Å². The van der Waals surface area contributed by atoms with Gasteiger partial charge in [-0.2, -0.15) is 0 Å². The topological polar surface area (TPSA) is 82.6 Å². The van der Waals surface area contributed by atoms with Crippen molar-refractivity contribution in [2.75, 3.05) is 6.61 Å². The van der Waals surface area contributed by atoms with Gasteiger partial charge in [0.05, 0.1) is 17.1 Å². The Kier molecular flexibility index (Phi) is 3.80. The maximum absolute atomic E-state index is 12.3. The number of nitro benzene ring substituents is 1. The van der Waals surface area contributed by atoms with E-state index in [1.165, 1.54) is 24.3 Å². The average molecular weight is 311 g/mol. The van der Waals surface area contributed by atoms with Gasteiger partial charge in [-0.1, -0.05) is 12.1 Å². The summed E-state index contributed by atoms with van der Waals surface area (Å²) in [5.74, 6) is 0.511. The Morgan fingerprint density at radius 2 is 1.91 bits per heavy atom. The highest BCUT2D eigenvalue weighted by Gasteiger charge is 2.12. The highest BCUT2D eigenvalue weighted by molar-refractivity contribution is 5.86. The van der Waals surface area contributed by atoms with Gasteiger partial charge >= 0.3 is 5.63 Å². The number of hydrogen-bond acceptors (Lipinski definition) is 5. The fraction of sp³-hybridized carbons (Fsp3) is 0.118. The van der Waals surface area contributed by atoms with E-state index >= 15 is 0 Å². The molecule has 6 heteroatoms. The molecule has 6 nitrogen and oxygen atoms in total. The van der Waals surface area contributed by atoms with Gasteiger partial charge in [-0.15, -0.1) is 0 Å². The Labute approximate surface area is 131 Å². The Balaban J connectivity index is 2.13. The maximum Gasteiger partial charge on any atom is 0.344 e. The van der Waals surface area contributed by atoms with Crippen molar-refractivity contribution in [3.05, 3.63) is 69.1 Å². The van der Waals surface area contributed by atoms with Crippen LogP contribution in [-0.2, 0) is 0 Å². The number of nitro groups is 1. The number of hydrogen-bond donors (Lipinski definition) is 0. The van der Waals surface area contributed by atoms with Gasteiger partial charge in [0.1, 0.15) is 0 Å². The molecule has 2 aromatic carbocycles. The Hall–Kier alpha value is -3.15. The molecule has 0 N–H and O–H groups in total. The van der Waals surface area contributed by atoms with Gasteiger partial charge in [0.15, 0.2) is 11.3 Å². The third-order valence-corrected chi connectivity index (χ3v) is 3.41. The van der Waals surface area contributed by atoms with Crippen LogP contribution in [0.4, 0.5) is 5.69 Å². The third kappa shape index (κ3) is 2.78. The monoisotopic (exact) mass is 311 g/mol. The van der Waals surface area contributed by atoms with Crippen molar-refractivity contribution in [3.8, 4) is 16.9 Å². The highest BCUT2D eigenvalue weighted by Crippen LogP contribution is 2.28. The van der Waals surface area contributed by atoms with Crippen molar-refractivity contribution in [2.45, 2.75) is 6.92 Å². The van der Waals surface area contributed by atoms with Crippen molar-refractivity contribution in [2.24, 2.45) is 0 Å². The van der Waals surface area contributed by atoms with Gasteiger partial charge in [0.2, 0.25) is 0 Å². The van der Waals surface area contributed by atoms with Crippen LogP contribution in [0.25, 0.3) is 22.1 Å². The smallest absolute Gasteiger partial charge is 0.344 e. The summed E-state index contributed by atoms with van der Waals surface area (Å²) in [6.45, 7) is 2.31. The molecule has 0 aliphatic rings. The number of benzene rings is 2. The predicted molar refractivity (Wildman–Crippen MR) is 85.7 cm³/mol. The van der Waals surface area contributed by atoms with Crippen LogP contribution in [0.5, 0.6) is 5.75 Å². The van der Waals surface area contributed by atoms with E-state index in [1.807, 2.05) is 19.1 Å². The second-order valence-electron chi connectivity index (χ2n) is 4.86. The molecular formula is C17H13NO5. The van der Waals surface area contributed by atoms with E-state index in [0.29, 0.717) is 29.1 Å². The molecule has 0 saturated carbocycles. The van der Waals surface area contributed by atoms with Gasteiger partial charge < -0.3 is 9.15 Å². The van der Waals surface area contributed by atoms with Crippen molar-refractivity contribution in [3.63, 3.8) is 0 Å². The molecule has 0 bridgehead atoms. The van der Waals surface area contributed by atoms with Crippen molar-refractivity contribution in [1.82, 2.24) is 0 Å². The van der Waals surface area contributed by atoms with Crippen molar-refractivity contribution >= 4 is 16.7 Å². The van der Waals surface area contributed by atoms with Gasteiger partial charge in [0.25, 0.3) is 5.69 Å². The third-order valence-electron chi connectivity index (χ3n) is 3.41. The van der Waals surface area contributed by atoms with E-state index in [2.05, 4.69) is 0 Å². The lowest BCUT2D eigenvalue weighted by atomic mass is 10.1. The molecule has 0 spiro atoms. The van der Waals surface area contributed by atoms with Crippen LogP contribution >= 0.6 is 0 Å². The number of ether oxygens (including phenoxy) is 1. The SMILES string of the molecule is CCOc1cccc2cc(-c3ccc([N+](=O)[O-])cc3)c(=O)oc12. The Bertz CT molecular complexity index is 928. The molecule has 1 heterocycles. The predicted octanol–water partition coefficient (Wildman–Crippen LogP) is 3.77. The molecular weight excluding hydrogens is 298 g/mol. The molecule has 0 radical (unpaired) electrons. The normalized spacial score (nSPS) is 10.7. The molecule has 0 saturated heterocycles. The molecule has 1 aromatic heterocycles. The average Bonchev–Trinajstić information content (AvgIpc) is 2.55. The molecule has 3 aromatic rings. The van der Waals surface area contributed by atoms with Crippen LogP contribution in [-0.4, -0.2) is 11.5 Å². The Morgan fingerprint density at radius 1 is 1.17 bits per heavy atom. The summed E-state index contributed by atoms with van der Waals surface area (Å²) in [5, 5.41) is 11.4. The highest BCUT2D eigenvalue weighted by atomic mass is 16.6. The number of rotatable bonds is 4. The fourth-order valence-electron chi connectivity index (χ4n) is 2.35. The maximum atomic E-state index is 12.3. The van der Waals surface area contributed by atoms with E-state index in [0.717, 1.165) is 5.39 Å². The summed E-state index contributed by atoms with van der Waals surface area (Å²) >= 11 is 0. The lowest BCUT2D eigenvalue weighted by molar-refractivity contribution is -0.384. The van der Waals surface area contributed by atoms with E-state index in [1.54, 1.807) is 12.1 Å². The minimum atomic E-state index is -0.515. The molecule has 23 heavy (non-hydrogen) atoms. The molecule has 0 aliphatic carbocycles. The zero-order valence-electron chi connectivity index (χ0n) is 12.3. The van der Waals surface area contributed by atoms with Gasteiger partial charge in [0, 0.05) is 17.5 Å². The quantitative estimate of drug-likeness (QED) is 0.416. The number of nitrogens with zero attached hydrogens (tertiary/aromatic N) is 1. The van der Waals surface area contributed by atoms with Crippen LogP contribution in [0.15, 0.2) is 57.7 Å². The Morgan fingerprint density at radius 3 is 2.57 bits per heavy atom. The molecule has 3 rings (SSSR count). The molecule has 116 valence electrons. The largest absolute Gasteiger partial charge is 0.490 e. The van der Waals surface area contributed by atoms with E-state index in [9.17, 15) is 14.9 Å². The van der Waals surface area contributed by atoms with E-state index < -0.39 is 10.5 Å². The molecule has 0 aliphatic heterocycles. The van der Waals surface area contributed by atoms with E-state index in [-0.39, 0.29) is 5.69 Å². The fourth-order valence-corrected chi connectivity index (χ4v) is 2.35. The standard InChI is InChI=1S/C17H13NO5/c1-2-22-15-5-3-4-12-10-14(17(19)23-16(12)15)11-6-8-13(9-7-11)18(20)21/h3-10H,2H2,1H3. The molecule has 0 unspecified atom stereocenters. The molecule has 0 fully saturated rings. The number of fused-ring (bicyclic) bond motifs is 1. The van der Waals surface area contributed by atoms with Crippen LogP contribution in [0.3, 0.4) is 0 Å². The zero-order chi connectivity index (χ0) is 16.4. The summed E-state index contributed by atoms with van der Waals surface area (Å²) in [6, 6.07) is 12.8. The zero-order valence-corrected chi connectivity index (χ0v) is 12.3. The number of para-hydroxylation sites is 1. The summed E-state index contributed by atoms with van der Waals surface area (Å²) in [6.07, 6.45) is 0. The first-order valence-electron chi connectivity index (χ1n) is 7.04. The van der Waals surface area contributed by atoms with Gasteiger partial charge in [-0.25, -0.2) is 4.79 Å². The first-order chi connectivity index (χ1) is 11.1. The summed E-state index contributed by atoms with van der Waals surface area (Å²) in [7, 11) is 0. The summed E-state index contributed by atoms with van der Waals surface area (Å²) in [5.41, 5.74) is 0.759. The lowest BCUT2D eigenvalue weighted by Crippen LogP contribution is -2.04.